The molecule has 0 fully saturated rings. The van der Waals surface area contributed by atoms with Gasteiger partial charge in [-0.15, -0.1) is 0 Å². The average molecular weight is 434 g/mol. The van der Waals surface area contributed by atoms with Crippen LogP contribution >= 0.6 is 11.6 Å². The number of benzene rings is 2. The Balaban J connectivity index is 1.84. The number of aromatic carboxylic acids is 1. The van der Waals surface area contributed by atoms with Crippen LogP contribution in [0.2, 0.25) is 5.02 Å². The largest absolute Gasteiger partial charge is 0.478 e. The Morgan fingerprint density at radius 2 is 1.86 bits per heavy atom. The van der Waals surface area contributed by atoms with Crippen molar-refractivity contribution in [1.82, 2.24) is 4.72 Å². The van der Waals surface area contributed by atoms with Crippen molar-refractivity contribution >= 4 is 27.6 Å². The Labute approximate surface area is 174 Å². The third kappa shape index (κ3) is 5.26. The van der Waals surface area contributed by atoms with Gasteiger partial charge in [-0.3, -0.25) is 0 Å². The van der Waals surface area contributed by atoms with Crippen molar-refractivity contribution in [2.45, 2.75) is 31.2 Å². The molecule has 29 heavy (non-hydrogen) atoms. The second-order valence-corrected chi connectivity index (χ2v) is 8.78. The molecule has 6 nitrogen and oxygen atoms in total. The molecule has 0 amide bonds. The number of rotatable bonds is 8. The molecule has 0 saturated carbocycles. The molecule has 2 aromatic carbocycles. The van der Waals surface area contributed by atoms with E-state index >= 15 is 0 Å². The summed E-state index contributed by atoms with van der Waals surface area (Å²) in [7, 11) is -3.99. The number of carboxylic acid groups (broad SMARTS) is 1. The number of aryl methyl sites for hydroxylation is 3. The molecule has 0 atom stereocenters. The van der Waals surface area contributed by atoms with Crippen molar-refractivity contribution in [1.29, 1.82) is 0 Å². The van der Waals surface area contributed by atoms with Gasteiger partial charge in [0.05, 0.1) is 16.8 Å². The van der Waals surface area contributed by atoms with Gasteiger partial charge in [0.1, 0.15) is 10.7 Å². The highest BCUT2D eigenvalue weighted by Crippen LogP contribution is 2.27. The molecule has 0 bridgehead atoms. The van der Waals surface area contributed by atoms with E-state index in [2.05, 4.69) is 4.72 Å². The van der Waals surface area contributed by atoms with E-state index in [-0.39, 0.29) is 22.0 Å². The Morgan fingerprint density at radius 3 is 2.48 bits per heavy atom. The maximum absolute atomic E-state index is 12.7. The van der Waals surface area contributed by atoms with Gasteiger partial charge in [-0.1, -0.05) is 41.4 Å². The minimum atomic E-state index is -3.99. The van der Waals surface area contributed by atoms with Crippen LogP contribution in [0.5, 0.6) is 0 Å². The molecule has 3 aromatic rings. The van der Waals surface area contributed by atoms with E-state index in [4.69, 9.17) is 16.0 Å². The second kappa shape index (κ2) is 8.82. The van der Waals surface area contributed by atoms with Gasteiger partial charge in [-0.05, 0) is 48.7 Å². The van der Waals surface area contributed by atoms with Crippen molar-refractivity contribution in [2.24, 2.45) is 0 Å². The van der Waals surface area contributed by atoms with Gasteiger partial charge < -0.3 is 9.52 Å². The summed E-state index contributed by atoms with van der Waals surface area (Å²) in [6.45, 7) is 2.01. The van der Waals surface area contributed by atoms with Gasteiger partial charge >= 0.3 is 5.97 Å². The lowest BCUT2D eigenvalue weighted by molar-refractivity contribution is 0.0695. The molecule has 0 spiro atoms. The topological polar surface area (TPSA) is 96.6 Å². The normalized spacial score (nSPS) is 11.5. The molecule has 8 heteroatoms. The average Bonchev–Trinajstić information content (AvgIpc) is 3.19. The smallest absolute Gasteiger partial charge is 0.336 e. The zero-order valence-electron chi connectivity index (χ0n) is 15.7. The summed E-state index contributed by atoms with van der Waals surface area (Å²) in [5.41, 5.74) is 2.19. The molecule has 0 saturated heterocycles. The molecule has 0 aliphatic carbocycles. The van der Waals surface area contributed by atoms with Crippen LogP contribution in [0.4, 0.5) is 0 Å². The first-order valence-corrected chi connectivity index (χ1v) is 10.8. The predicted molar refractivity (Wildman–Crippen MR) is 110 cm³/mol. The van der Waals surface area contributed by atoms with E-state index in [1.54, 1.807) is 12.1 Å². The highest BCUT2D eigenvalue weighted by Gasteiger charge is 2.23. The summed E-state index contributed by atoms with van der Waals surface area (Å²) in [6.07, 6.45) is 2.36. The number of sulfonamides is 1. The van der Waals surface area contributed by atoms with E-state index in [9.17, 15) is 18.3 Å². The van der Waals surface area contributed by atoms with Gasteiger partial charge in [0.25, 0.3) is 0 Å². The molecular formula is C21H20ClNO5S. The van der Waals surface area contributed by atoms with Crippen molar-refractivity contribution in [3.63, 3.8) is 0 Å². The standard InChI is InChI=1S/C21H20ClNO5S/c1-14-4-6-15(7-5-14)13-23-29(26,27)20-12-18(21(24)25)16(11-19(20)22)8-9-17-3-2-10-28-17/h2-7,10-12,23H,8-9,13H2,1H3,(H,24,25). The fourth-order valence-corrected chi connectivity index (χ4v) is 4.47. The number of furan rings is 1. The summed E-state index contributed by atoms with van der Waals surface area (Å²) in [4.78, 5) is 11.4. The minimum Gasteiger partial charge on any atom is -0.478 e. The first-order valence-electron chi connectivity index (χ1n) is 8.89. The zero-order valence-corrected chi connectivity index (χ0v) is 17.3. The number of hydrogen-bond donors (Lipinski definition) is 2. The number of carbonyl (C=O) groups is 1. The van der Waals surface area contributed by atoms with Gasteiger partial charge in [0.2, 0.25) is 10.0 Å². The third-order valence-electron chi connectivity index (χ3n) is 4.49. The van der Waals surface area contributed by atoms with Crippen LogP contribution in [-0.4, -0.2) is 19.5 Å². The summed E-state index contributed by atoms with van der Waals surface area (Å²) in [5, 5.41) is 9.53. The lowest BCUT2D eigenvalue weighted by Gasteiger charge is -2.13. The number of nitrogens with one attached hydrogen (secondary N) is 1. The van der Waals surface area contributed by atoms with Crippen molar-refractivity contribution < 1.29 is 22.7 Å². The Hall–Kier alpha value is -2.61. The first-order chi connectivity index (χ1) is 13.8. The molecule has 3 rings (SSSR count). The fraction of sp³-hybridized carbons (Fsp3) is 0.190. The van der Waals surface area contributed by atoms with E-state index in [0.717, 1.165) is 17.2 Å². The van der Waals surface area contributed by atoms with Gasteiger partial charge in [-0.25, -0.2) is 17.9 Å². The molecule has 0 radical (unpaired) electrons. The molecule has 152 valence electrons. The Bertz CT molecular complexity index is 1110. The van der Waals surface area contributed by atoms with E-state index < -0.39 is 16.0 Å². The summed E-state index contributed by atoms with van der Waals surface area (Å²) < 4.78 is 33.2. The van der Waals surface area contributed by atoms with Crippen LogP contribution in [0.15, 0.2) is 64.1 Å². The molecule has 0 unspecified atom stereocenters. The summed E-state index contributed by atoms with van der Waals surface area (Å²) >= 11 is 6.22. The van der Waals surface area contributed by atoms with Crippen molar-refractivity contribution in [3.05, 3.63) is 87.8 Å². The quantitative estimate of drug-likeness (QED) is 0.554. The molecule has 0 aliphatic rings. The Morgan fingerprint density at radius 1 is 1.14 bits per heavy atom. The SMILES string of the molecule is Cc1ccc(CNS(=O)(=O)c2cc(C(=O)O)c(CCc3ccco3)cc2Cl)cc1. The van der Waals surface area contributed by atoms with E-state index in [1.165, 1.54) is 12.3 Å². The minimum absolute atomic E-state index is 0.0270. The molecular weight excluding hydrogens is 414 g/mol. The first kappa shape index (κ1) is 21.1. The lowest BCUT2D eigenvalue weighted by Crippen LogP contribution is -2.24. The lowest BCUT2D eigenvalue weighted by atomic mass is 10.0. The zero-order chi connectivity index (χ0) is 21.0. The fourth-order valence-electron chi connectivity index (χ4n) is 2.88. The maximum atomic E-state index is 12.7. The van der Waals surface area contributed by atoms with Crippen LogP contribution in [-0.2, 0) is 29.4 Å². The predicted octanol–water partition coefficient (Wildman–Crippen LogP) is 4.20. The van der Waals surface area contributed by atoms with Crippen LogP contribution in [0, 0.1) is 6.92 Å². The number of carboxylic acids is 1. The number of halogens is 1. The second-order valence-electron chi connectivity index (χ2n) is 6.63. The van der Waals surface area contributed by atoms with Crippen LogP contribution in [0.1, 0.15) is 32.8 Å². The number of hydrogen-bond acceptors (Lipinski definition) is 4. The molecule has 2 N–H and O–H groups in total. The molecule has 0 aliphatic heterocycles. The van der Waals surface area contributed by atoms with Crippen LogP contribution < -0.4 is 4.72 Å². The van der Waals surface area contributed by atoms with Crippen molar-refractivity contribution in [2.75, 3.05) is 0 Å². The van der Waals surface area contributed by atoms with Gasteiger partial charge in [0.15, 0.2) is 0 Å². The molecule has 1 heterocycles. The van der Waals surface area contributed by atoms with Crippen molar-refractivity contribution in [3.8, 4) is 0 Å². The summed E-state index contributed by atoms with van der Waals surface area (Å²) in [6, 6.07) is 13.4. The molecule has 1 aromatic heterocycles. The van der Waals surface area contributed by atoms with Gasteiger partial charge in [0, 0.05) is 13.0 Å². The summed E-state index contributed by atoms with van der Waals surface area (Å²) in [5.74, 6) is -0.514. The van der Waals surface area contributed by atoms with Crippen LogP contribution in [0.25, 0.3) is 0 Å². The monoisotopic (exact) mass is 433 g/mol. The van der Waals surface area contributed by atoms with E-state index in [1.807, 2.05) is 31.2 Å². The van der Waals surface area contributed by atoms with Gasteiger partial charge in [-0.2, -0.15) is 0 Å². The van der Waals surface area contributed by atoms with E-state index in [0.29, 0.717) is 24.2 Å². The highest BCUT2D eigenvalue weighted by atomic mass is 35.5. The maximum Gasteiger partial charge on any atom is 0.336 e. The Kier molecular flexibility index (Phi) is 6.42. The highest BCUT2D eigenvalue weighted by molar-refractivity contribution is 7.89. The van der Waals surface area contributed by atoms with Crippen LogP contribution in [0.3, 0.4) is 0 Å². The third-order valence-corrected chi connectivity index (χ3v) is 6.35.